The van der Waals surface area contributed by atoms with Crippen LogP contribution in [0.25, 0.3) is 0 Å². The molecule has 27 heavy (non-hydrogen) atoms. The van der Waals surface area contributed by atoms with Gasteiger partial charge in [-0.05, 0) is 30.5 Å². The van der Waals surface area contributed by atoms with Crippen molar-refractivity contribution in [2.24, 2.45) is 5.73 Å². The zero-order chi connectivity index (χ0) is 19.1. The van der Waals surface area contributed by atoms with Gasteiger partial charge in [-0.2, -0.15) is 0 Å². The van der Waals surface area contributed by atoms with E-state index in [1.807, 2.05) is 24.3 Å². The Bertz CT molecular complexity index is 786. The molecule has 2 aromatic rings. The van der Waals surface area contributed by atoms with Gasteiger partial charge in [0.05, 0.1) is 11.3 Å². The minimum absolute atomic E-state index is 0.00445. The molecule has 0 aromatic heterocycles. The lowest BCUT2D eigenvalue weighted by Crippen LogP contribution is -2.42. The van der Waals surface area contributed by atoms with Gasteiger partial charge in [-0.15, -0.1) is 11.8 Å². The van der Waals surface area contributed by atoms with Crippen LogP contribution in [0, 0.1) is 0 Å². The molecule has 2 aromatic carbocycles. The summed E-state index contributed by atoms with van der Waals surface area (Å²) in [5, 5.41) is 3.17. The summed E-state index contributed by atoms with van der Waals surface area (Å²) in [6.45, 7) is 0.630. The SMILES string of the molecule is NC(=O)CSc1ccccc1C(=O)NCC1(c2ccccc2)CCCCC1. The Morgan fingerprint density at radius 3 is 2.33 bits per heavy atom. The van der Waals surface area contributed by atoms with Gasteiger partial charge in [-0.1, -0.05) is 61.7 Å². The van der Waals surface area contributed by atoms with Gasteiger partial charge in [0, 0.05) is 16.9 Å². The second kappa shape index (κ2) is 9.09. The third kappa shape index (κ3) is 4.92. The predicted octanol–water partition coefficient (Wildman–Crippen LogP) is 3.90. The van der Waals surface area contributed by atoms with Gasteiger partial charge in [-0.25, -0.2) is 0 Å². The summed E-state index contributed by atoms with van der Waals surface area (Å²) in [5.74, 6) is -0.318. The monoisotopic (exact) mass is 382 g/mol. The maximum absolute atomic E-state index is 12.9. The van der Waals surface area contributed by atoms with Crippen LogP contribution in [0.15, 0.2) is 59.5 Å². The van der Waals surface area contributed by atoms with Gasteiger partial charge in [0.25, 0.3) is 5.91 Å². The lowest BCUT2D eigenvalue weighted by molar-refractivity contribution is -0.115. The van der Waals surface area contributed by atoms with Crippen molar-refractivity contribution in [1.29, 1.82) is 0 Å². The standard InChI is InChI=1S/C22H26N2O2S/c23-20(25)15-27-19-12-6-5-11-18(19)21(26)24-16-22(13-7-2-8-14-22)17-9-3-1-4-10-17/h1,3-6,9-12H,2,7-8,13-16H2,(H2,23,25)(H,24,26). The van der Waals surface area contributed by atoms with E-state index in [4.69, 9.17) is 5.73 Å². The number of carbonyl (C=O) groups excluding carboxylic acids is 2. The van der Waals surface area contributed by atoms with Crippen LogP contribution < -0.4 is 11.1 Å². The molecule has 4 nitrogen and oxygen atoms in total. The molecule has 0 aliphatic heterocycles. The molecule has 3 N–H and O–H groups in total. The van der Waals surface area contributed by atoms with E-state index in [1.54, 1.807) is 6.07 Å². The molecule has 3 rings (SSSR count). The molecular weight excluding hydrogens is 356 g/mol. The first-order valence-electron chi connectivity index (χ1n) is 9.45. The van der Waals surface area contributed by atoms with Gasteiger partial charge >= 0.3 is 0 Å². The van der Waals surface area contributed by atoms with Crippen LogP contribution in [0.1, 0.15) is 48.0 Å². The van der Waals surface area contributed by atoms with Crippen LogP contribution in [-0.4, -0.2) is 24.1 Å². The summed E-state index contributed by atoms with van der Waals surface area (Å²) >= 11 is 1.31. The third-order valence-corrected chi connectivity index (χ3v) is 6.38. The first kappa shape index (κ1) is 19.5. The number of benzene rings is 2. The second-order valence-electron chi connectivity index (χ2n) is 7.14. The molecule has 0 spiro atoms. The maximum Gasteiger partial charge on any atom is 0.252 e. The Hall–Kier alpha value is -2.27. The molecule has 1 saturated carbocycles. The van der Waals surface area contributed by atoms with E-state index in [9.17, 15) is 9.59 Å². The van der Waals surface area contributed by atoms with Crippen LogP contribution in [-0.2, 0) is 10.2 Å². The Kier molecular flexibility index (Phi) is 6.56. The number of nitrogens with one attached hydrogen (secondary N) is 1. The van der Waals surface area contributed by atoms with E-state index >= 15 is 0 Å². The fourth-order valence-electron chi connectivity index (χ4n) is 3.86. The number of amides is 2. The molecular formula is C22H26N2O2S. The molecule has 0 bridgehead atoms. The topological polar surface area (TPSA) is 72.2 Å². The summed E-state index contributed by atoms with van der Waals surface area (Å²) in [5.41, 5.74) is 7.16. The van der Waals surface area contributed by atoms with Crippen molar-refractivity contribution in [3.05, 3.63) is 65.7 Å². The fourth-order valence-corrected chi connectivity index (χ4v) is 4.65. The minimum atomic E-state index is -0.388. The Balaban J connectivity index is 1.75. The summed E-state index contributed by atoms with van der Waals surface area (Å²) in [6, 6.07) is 17.9. The van der Waals surface area contributed by atoms with Gasteiger partial charge in [0.1, 0.15) is 0 Å². The van der Waals surface area contributed by atoms with Crippen molar-refractivity contribution < 1.29 is 9.59 Å². The first-order chi connectivity index (χ1) is 13.1. The van der Waals surface area contributed by atoms with Gasteiger partial charge in [0.15, 0.2) is 0 Å². The lowest BCUT2D eigenvalue weighted by atomic mass is 9.69. The largest absolute Gasteiger partial charge is 0.369 e. The van der Waals surface area contributed by atoms with Crippen molar-refractivity contribution in [1.82, 2.24) is 5.32 Å². The van der Waals surface area contributed by atoms with Crippen molar-refractivity contribution in [2.45, 2.75) is 42.4 Å². The molecule has 5 heteroatoms. The molecule has 0 heterocycles. The number of hydrogen-bond donors (Lipinski definition) is 2. The van der Waals surface area contributed by atoms with E-state index in [2.05, 4.69) is 29.6 Å². The fraction of sp³-hybridized carbons (Fsp3) is 0.364. The van der Waals surface area contributed by atoms with Crippen LogP contribution in [0.4, 0.5) is 0 Å². The van der Waals surface area contributed by atoms with Crippen LogP contribution in [0.5, 0.6) is 0 Å². The van der Waals surface area contributed by atoms with E-state index < -0.39 is 0 Å². The van der Waals surface area contributed by atoms with E-state index in [1.165, 1.54) is 36.6 Å². The average Bonchev–Trinajstić information content (AvgIpc) is 2.72. The highest BCUT2D eigenvalue weighted by Gasteiger charge is 2.34. The van der Waals surface area contributed by atoms with E-state index in [-0.39, 0.29) is 23.0 Å². The number of rotatable bonds is 7. The number of hydrogen-bond acceptors (Lipinski definition) is 3. The van der Waals surface area contributed by atoms with E-state index in [0.29, 0.717) is 12.1 Å². The highest BCUT2D eigenvalue weighted by Crippen LogP contribution is 2.39. The molecule has 1 aliphatic carbocycles. The lowest BCUT2D eigenvalue weighted by Gasteiger charge is -2.38. The Morgan fingerprint density at radius 2 is 1.63 bits per heavy atom. The highest BCUT2D eigenvalue weighted by molar-refractivity contribution is 8.00. The molecule has 0 radical (unpaired) electrons. The van der Waals surface area contributed by atoms with Gasteiger partial charge < -0.3 is 11.1 Å². The predicted molar refractivity (Wildman–Crippen MR) is 110 cm³/mol. The molecule has 142 valence electrons. The van der Waals surface area contributed by atoms with Crippen molar-refractivity contribution in [2.75, 3.05) is 12.3 Å². The average molecular weight is 383 g/mol. The summed E-state index contributed by atoms with van der Waals surface area (Å²) in [7, 11) is 0. The molecule has 1 aliphatic rings. The normalized spacial score (nSPS) is 15.9. The molecule has 0 unspecified atom stereocenters. The zero-order valence-electron chi connectivity index (χ0n) is 15.4. The number of nitrogens with two attached hydrogens (primary N) is 1. The number of carbonyl (C=O) groups is 2. The van der Waals surface area contributed by atoms with Crippen molar-refractivity contribution >= 4 is 23.6 Å². The Morgan fingerprint density at radius 1 is 0.963 bits per heavy atom. The Labute approximate surface area is 164 Å². The number of primary amides is 1. The van der Waals surface area contributed by atoms with Crippen molar-refractivity contribution in [3.8, 4) is 0 Å². The van der Waals surface area contributed by atoms with Gasteiger partial charge in [-0.3, -0.25) is 9.59 Å². The molecule has 1 fully saturated rings. The molecule has 2 amide bonds. The summed E-state index contributed by atoms with van der Waals surface area (Å²) < 4.78 is 0. The summed E-state index contributed by atoms with van der Waals surface area (Å²) in [4.78, 5) is 24.8. The third-order valence-electron chi connectivity index (χ3n) is 5.29. The zero-order valence-corrected chi connectivity index (χ0v) is 16.3. The molecule has 0 atom stereocenters. The first-order valence-corrected chi connectivity index (χ1v) is 10.4. The minimum Gasteiger partial charge on any atom is -0.369 e. The van der Waals surface area contributed by atoms with Crippen LogP contribution in [0.2, 0.25) is 0 Å². The summed E-state index contributed by atoms with van der Waals surface area (Å²) in [6.07, 6.45) is 5.82. The smallest absolute Gasteiger partial charge is 0.252 e. The van der Waals surface area contributed by atoms with E-state index in [0.717, 1.165) is 17.7 Å². The van der Waals surface area contributed by atoms with Crippen LogP contribution >= 0.6 is 11.8 Å². The number of thioether (sulfide) groups is 1. The second-order valence-corrected chi connectivity index (χ2v) is 8.16. The van der Waals surface area contributed by atoms with Crippen LogP contribution in [0.3, 0.4) is 0 Å². The van der Waals surface area contributed by atoms with Gasteiger partial charge in [0.2, 0.25) is 5.91 Å². The maximum atomic E-state index is 12.9. The van der Waals surface area contributed by atoms with Crippen molar-refractivity contribution in [3.63, 3.8) is 0 Å². The quantitative estimate of drug-likeness (QED) is 0.714. The molecule has 0 saturated heterocycles. The highest BCUT2D eigenvalue weighted by atomic mass is 32.2.